The molecular formula is C20H24BrFN2O4S. The number of rotatable bonds is 8. The van der Waals surface area contributed by atoms with Crippen molar-refractivity contribution >= 4 is 37.5 Å². The summed E-state index contributed by atoms with van der Waals surface area (Å²) in [6.45, 7) is 7.73. The van der Waals surface area contributed by atoms with E-state index in [-0.39, 0.29) is 22.3 Å². The van der Waals surface area contributed by atoms with Crippen molar-refractivity contribution in [1.29, 1.82) is 0 Å². The molecule has 0 atom stereocenters. The number of carbonyl (C=O) groups is 1. The lowest BCUT2D eigenvalue weighted by atomic mass is 10.2. The normalized spacial score (nSPS) is 11.7. The zero-order chi connectivity index (χ0) is 21.8. The fourth-order valence-corrected chi connectivity index (χ4v) is 4.54. The predicted molar refractivity (Wildman–Crippen MR) is 114 cm³/mol. The van der Waals surface area contributed by atoms with Gasteiger partial charge in [0.2, 0.25) is 10.0 Å². The molecule has 0 saturated heterocycles. The fraction of sp³-hybridized carbons (Fsp3) is 0.350. The molecule has 29 heavy (non-hydrogen) atoms. The van der Waals surface area contributed by atoms with E-state index in [4.69, 9.17) is 4.74 Å². The molecule has 2 aromatic rings. The van der Waals surface area contributed by atoms with Crippen molar-refractivity contribution in [3.05, 3.63) is 52.3 Å². The summed E-state index contributed by atoms with van der Waals surface area (Å²) >= 11 is 3.21. The van der Waals surface area contributed by atoms with Crippen LogP contribution in [0.1, 0.15) is 38.1 Å². The van der Waals surface area contributed by atoms with Crippen molar-refractivity contribution in [2.75, 3.05) is 18.4 Å². The minimum absolute atomic E-state index is 0.0160. The number of anilines is 1. The van der Waals surface area contributed by atoms with Gasteiger partial charge in [-0.3, -0.25) is 4.79 Å². The number of hydrogen-bond donors (Lipinski definition) is 1. The van der Waals surface area contributed by atoms with Crippen molar-refractivity contribution < 1.29 is 22.3 Å². The van der Waals surface area contributed by atoms with Crippen molar-refractivity contribution in [2.24, 2.45) is 0 Å². The molecule has 0 aromatic heterocycles. The molecule has 9 heteroatoms. The number of carbonyl (C=O) groups excluding carboxylic acids is 1. The van der Waals surface area contributed by atoms with Gasteiger partial charge in [0.05, 0.1) is 22.3 Å². The van der Waals surface area contributed by atoms with Gasteiger partial charge < -0.3 is 10.1 Å². The maximum atomic E-state index is 14.1. The Labute approximate surface area is 179 Å². The van der Waals surface area contributed by atoms with E-state index in [0.717, 1.165) is 0 Å². The van der Waals surface area contributed by atoms with Gasteiger partial charge in [-0.1, -0.05) is 29.8 Å². The molecule has 0 radical (unpaired) electrons. The van der Waals surface area contributed by atoms with E-state index < -0.39 is 21.7 Å². The first-order valence-electron chi connectivity index (χ1n) is 9.17. The molecule has 158 valence electrons. The topological polar surface area (TPSA) is 75.7 Å². The number of sulfonamides is 1. The first-order chi connectivity index (χ1) is 13.6. The minimum Gasteiger partial charge on any atom is -0.489 e. The highest BCUT2D eigenvalue weighted by Crippen LogP contribution is 2.31. The molecule has 0 heterocycles. The van der Waals surface area contributed by atoms with Gasteiger partial charge in [0, 0.05) is 17.6 Å². The molecule has 0 aliphatic heterocycles. The quantitative estimate of drug-likeness (QED) is 0.588. The van der Waals surface area contributed by atoms with E-state index in [1.54, 1.807) is 27.7 Å². The van der Waals surface area contributed by atoms with Gasteiger partial charge in [-0.2, -0.15) is 4.31 Å². The molecule has 1 N–H and O–H groups in total. The van der Waals surface area contributed by atoms with Crippen LogP contribution in [0.3, 0.4) is 0 Å². The molecule has 0 fully saturated rings. The number of amides is 1. The summed E-state index contributed by atoms with van der Waals surface area (Å²) in [6.07, 6.45) is -0.210. The summed E-state index contributed by atoms with van der Waals surface area (Å²) in [5.74, 6) is -1.11. The van der Waals surface area contributed by atoms with E-state index in [1.165, 1.54) is 40.7 Å². The summed E-state index contributed by atoms with van der Waals surface area (Å²) in [6, 6.07) is 8.26. The summed E-state index contributed by atoms with van der Waals surface area (Å²) in [5.41, 5.74) is -0.0248. The van der Waals surface area contributed by atoms with Crippen LogP contribution in [0.2, 0.25) is 0 Å². The fourth-order valence-electron chi connectivity index (χ4n) is 2.70. The van der Waals surface area contributed by atoms with Crippen LogP contribution in [0.25, 0.3) is 0 Å². The van der Waals surface area contributed by atoms with Gasteiger partial charge in [-0.25, -0.2) is 12.8 Å². The summed E-state index contributed by atoms with van der Waals surface area (Å²) in [4.78, 5) is 12.7. The van der Waals surface area contributed by atoms with Crippen molar-refractivity contribution in [3.8, 4) is 5.75 Å². The molecule has 1 amide bonds. The van der Waals surface area contributed by atoms with E-state index in [0.29, 0.717) is 23.3 Å². The van der Waals surface area contributed by atoms with Crippen LogP contribution >= 0.6 is 15.9 Å². The predicted octanol–water partition coefficient (Wildman–Crippen LogP) is 4.66. The molecule has 2 rings (SSSR count). The number of ether oxygens (including phenoxy) is 1. The van der Waals surface area contributed by atoms with E-state index >= 15 is 0 Å². The molecule has 0 saturated carbocycles. The Kier molecular flexibility index (Phi) is 7.79. The third-order valence-corrected chi connectivity index (χ3v) is 6.62. The second-order valence-corrected chi connectivity index (χ2v) is 9.35. The van der Waals surface area contributed by atoms with Gasteiger partial charge in [0.1, 0.15) is 11.6 Å². The Morgan fingerprint density at radius 1 is 1.17 bits per heavy atom. The Balaban J connectivity index is 2.49. The van der Waals surface area contributed by atoms with E-state index in [1.807, 2.05) is 0 Å². The molecule has 0 aliphatic rings. The lowest BCUT2D eigenvalue weighted by Crippen LogP contribution is -2.30. The monoisotopic (exact) mass is 486 g/mol. The molecule has 0 unspecified atom stereocenters. The van der Waals surface area contributed by atoms with Crippen LogP contribution in [0, 0.1) is 5.82 Å². The number of halogens is 2. The number of nitrogens with zero attached hydrogens (tertiary/aromatic N) is 1. The van der Waals surface area contributed by atoms with Crippen LogP contribution in [-0.4, -0.2) is 37.8 Å². The van der Waals surface area contributed by atoms with Gasteiger partial charge in [-0.15, -0.1) is 0 Å². The number of benzene rings is 2. The zero-order valence-corrected chi connectivity index (χ0v) is 19.1. The first-order valence-corrected chi connectivity index (χ1v) is 11.4. The largest absolute Gasteiger partial charge is 0.489 e. The molecule has 2 aromatic carbocycles. The molecule has 0 aliphatic carbocycles. The van der Waals surface area contributed by atoms with Crippen molar-refractivity contribution in [3.63, 3.8) is 0 Å². The molecule has 0 spiro atoms. The van der Waals surface area contributed by atoms with Crippen LogP contribution in [0.4, 0.5) is 10.1 Å². The van der Waals surface area contributed by atoms with E-state index in [9.17, 15) is 17.6 Å². The highest BCUT2D eigenvalue weighted by molar-refractivity contribution is 9.10. The van der Waals surface area contributed by atoms with Gasteiger partial charge in [0.15, 0.2) is 0 Å². The maximum Gasteiger partial charge on any atom is 0.258 e. The van der Waals surface area contributed by atoms with Crippen LogP contribution in [-0.2, 0) is 10.0 Å². The van der Waals surface area contributed by atoms with Crippen LogP contribution < -0.4 is 10.1 Å². The standard InChI is InChI=1S/C20H24BrFN2O4S/c1-5-24(6-2)29(26,27)15-8-10-19(28-13(3)4)18(12-15)23-20(25)16-11-14(21)7-9-17(16)22/h7-13H,5-6H2,1-4H3,(H,23,25). The third-order valence-electron chi connectivity index (χ3n) is 4.08. The SMILES string of the molecule is CCN(CC)S(=O)(=O)c1ccc(OC(C)C)c(NC(=O)c2cc(Br)ccc2F)c1. The van der Waals surface area contributed by atoms with Crippen LogP contribution in [0.5, 0.6) is 5.75 Å². The zero-order valence-electron chi connectivity index (χ0n) is 16.7. The summed E-state index contributed by atoms with van der Waals surface area (Å²) in [5, 5.41) is 2.58. The molecule has 0 bridgehead atoms. The lowest BCUT2D eigenvalue weighted by Gasteiger charge is -2.20. The smallest absolute Gasteiger partial charge is 0.258 e. The second kappa shape index (κ2) is 9.69. The number of nitrogens with one attached hydrogen (secondary N) is 1. The first kappa shape index (κ1) is 23.3. The Morgan fingerprint density at radius 3 is 2.41 bits per heavy atom. The number of hydrogen-bond acceptors (Lipinski definition) is 4. The summed E-state index contributed by atoms with van der Waals surface area (Å²) in [7, 11) is -3.74. The minimum atomic E-state index is -3.74. The lowest BCUT2D eigenvalue weighted by molar-refractivity contribution is 0.102. The Morgan fingerprint density at radius 2 is 1.83 bits per heavy atom. The molecular weight excluding hydrogens is 463 g/mol. The Hall–Kier alpha value is -1.97. The van der Waals surface area contributed by atoms with E-state index in [2.05, 4.69) is 21.2 Å². The molecule has 6 nitrogen and oxygen atoms in total. The van der Waals surface area contributed by atoms with Gasteiger partial charge in [0.25, 0.3) is 5.91 Å². The van der Waals surface area contributed by atoms with Crippen molar-refractivity contribution in [2.45, 2.75) is 38.7 Å². The van der Waals surface area contributed by atoms with Gasteiger partial charge in [-0.05, 0) is 50.2 Å². The average Bonchev–Trinajstić information content (AvgIpc) is 2.65. The van der Waals surface area contributed by atoms with Gasteiger partial charge >= 0.3 is 0 Å². The third kappa shape index (κ3) is 5.55. The summed E-state index contributed by atoms with van der Waals surface area (Å²) < 4.78 is 47.3. The van der Waals surface area contributed by atoms with Crippen LogP contribution in [0.15, 0.2) is 45.8 Å². The average molecular weight is 487 g/mol. The Bertz CT molecular complexity index is 992. The van der Waals surface area contributed by atoms with Crippen molar-refractivity contribution in [1.82, 2.24) is 4.31 Å². The maximum absolute atomic E-state index is 14.1. The highest BCUT2D eigenvalue weighted by atomic mass is 79.9. The second-order valence-electron chi connectivity index (χ2n) is 6.49. The highest BCUT2D eigenvalue weighted by Gasteiger charge is 2.24.